The van der Waals surface area contributed by atoms with Crippen molar-refractivity contribution in [2.24, 2.45) is 0 Å². The molecule has 0 radical (unpaired) electrons. The van der Waals surface area contributed by atoms with Gasteiger partial charge in [-0.3, -0.25) is 0 Å². The molecular formula is C31H42N2O2. The molecule has 0 amide bonds. The lowest BCUT2D eigenvalue weighted by molar-refractivity contribution is -0.0441. The van der Waals surface area contributed by atoms with Crippen molar-refractivity contribution >= 4 is 22.0 Å². The molecule has 2 aromatic rings. The monoisotopic (exact) mass is 474 g/mol. The number of nitrogens with zero attached hydrogens (tertiary/aromatic N) is 2. The minimum Gasteiger partial charge on any atom is -0.487 e. The largest absolute Gasteiger partial charge is 0.487 e. The lowest BCUT2D eigenvalue weighted by Crippen LogP contribution is -2.29. The molecule has 0 atom stereocenters. The van der Waals surface area contributed by atoms with Crippen molar-refractivity contribution in [2.45, 2.75) is 72.5 Å². The number of anilines is 1. The van der Waals surface area contributed by atoms with Crippen molar-refractivity contribution in [1.82, 2.24) is 0 Å². The van der Waals surface area contributed by atoms with Gasteiger partial charge in [0.15, 0.2) is 0 Å². The average Bonchev–Trinajstić information content (AvgIpc) is 2.77. The van der Waals surface area contributed by atoms with Crippen LogP contribution in [0.1, 0.15) is 66.9 Å². The molecule has 0 saturated carbocycles. The summed E-state index contributed by atoms with van der Waals surface area (Å²) in [6.07, 6.45) is 7.45. The molecule has 0 aromatic heterocycles. The highest BCUT2D eigenvalue weighted by Gasteiger charge is 2.25. The molecule has 4 nitrogen and oxygen atoms in total. The fourth-order valence-corrected chi connectivity index (χ4v) is 3.75. The number of fused-ring (bicyclic) bond motifs is 1. The SMILES string of the molecule is C\C=C/C(=C(C#N)\C(=C\CC)OC(C)(C)CCOC(C)(C)C)c1ccc2cc(N(C)C)ccc2c1. The fourth-order valence-electron chi connectivity index (χ4n) is 3.75. The highest BCUT2D eigenvalue weighted by Crippen LogP contribution is 2.32. The summed E-state index contributed by atoms with van der Waals surface area (Å²) in [5, 5.41) is 12.6. The van der Waals surface area contributed by atoms with Crippen LogP contribution in [0.25, 0.3) is 16.3 Å². The van der Waals surface area contributed by atoms with Crippen molar-refractivity contribution in [3.05, 3.63) is 71.5 Å². The van der Waals surface area contributed by atoms with Crippen LogP contribution in [0, 0.1) is 11.3 Å². The molecule has 0 fully saturated rings. The Morgan fingerprint density at radius 2 is 1.69 bits per heavy atom. The third-order valence-corrected chi connectivity index (χ3v) is 5.63. The van der Waals surface area contributed by atoms with E-state index in [1.807, 2.05) is 73.9 Å². The Labute approximate surface area is 212 Å². The smallest absolute Gasteiger partial charge is 0.134 e. The third kappa shape index (κ3) is 8.30. The Morgan fingerprint density at radius 3 is 2.26 bits per heavy atom. The molecular weight excluding hydrogens is 432 g/mol. The summed E-state index contributed by atoms with van der Waals surface area (Å²) in [6, 6.07) is 15.2. The maximum Gasteiger partial charge on any atom is 0.134 e. The van der Waals surface area contributed by atoms with E-state index in [0.29, 0.717) is 24.4 Å². The molecule has 0 saturated heterocycles. The normalized spacial score (nSPS) is 13.7. The van der Waals surface area contributed by atoms with Crippen LogP contribution in [0.2, 0.25) is 0 Å². The second-order valence-electron chi connectivity index (χ2n) is 10.6. The van der Waals surface area contributed by atoms with Crippen LogP contribution in [-0.2, 0) is 9.47 Å². The van der Waals surface area contributed by atoms with E-state index in [2.05, 4.69) is 54.3 Å². The van der Waals surface area contributed by atoms with Gasteiger partial charge in [0, 0.05) is 31.8 Å². The number of hydrogen-bond donors (Lipinski definition) is 0. The van der Waals surface area contributed by atoms with Gasteiger partial charge < -0.3 is 14.4 Å². The lowest BCUT2D eigenvalue weighted by atomic mass is 9.95. The van der Waals surface area contributed by atoms with E-state index in [4.69, 9.17) is 9.47 Å². The molecule has 2 aromatic carbocycles. The van der Waals surface area contributed by atoms with Crippen LogP contribution in [-0.4, -0.2) is 31.9 Å². The van der Waals surface area contributed by atoms with Crippen molar-refractivity contribution < 1.29 is 9.47 Å². The van der Waals surface area contributed by atoms with Gasteiger partial charge >= 0.3 is 0 Å². The second-order valence-corrected chi connectivity index (χ2v) is 10.6. The Bertz CT molecular complexity index is 1140. The number of nitriles is 1. The summed E-state index contributed by atoms with van der Waals surface area (Å²) in [5.41, 5.74) is 2.87. The van der Waals surface area contributed by atoms with Gasteiger partial charge in [0.05, 0.1) is 12.2 Å². The first-order valence-corrected chi connectivity index (χ1v) is 12.4. The van der Waals surface area contributed by atoms with Crippen molar-refractivity contribution in [3.63, 3.8) is 0 Å². The van der Waals surface area contributed by atoms with Crippen LogP contribution in [0.3, 0.4) is 0 Å². The van der Waals surface area contributed by atoms with Gasteiger partial charge in [0.1, 0.15) is 23.0 Å². The van der Waals surface area contributed by atoms with Crippen molar-refractivity contribution in [2.75, 3.05) is 25.6 Å². The van der Waals surface area contributed by atoms with Crippen LogP contribution >= 0.6 is 0 Å². The number of hydrogen-bond acceptors (Lipinski definition) is 4. The molecule has 0 heterocycles. The first kappa shape index (κ1) is 28.2. The molecule has 0 aliphatic carbocycles. The van der Waals surface area contributed by atoms with Gasteiger partial charge in [0.25, 0.3) is 0 Å². The number of ether oxygens (including phenoxy) is 2. The van der Waals surface area contributed by atoms with Crippen molar-refractivity contribution in [1.29, 1.82) is 5.26 Å². The van der Waals surface area contributed by atoms with Crippen LogP contribution in [0.4, 0.5) is 5.69 Å². The van der Waals surface area contributed by atoms with Gasteiger partial charge in [-0.05, 0) is 88.6 Å². The highest BCUT2D eigenvalue weighted by atomic mass is 16.5. The molecule has 0 spiro atoms. The number of rotatable bonds is 10. The van der Waals surface area contributed by atoms with E-state index in [0.717, 1.165) is 28.6 Å². The highest BCUT2D eigenvalue weighted by molar-refractivity contribution is 5.91. The zero-order chi connectivity index (χ0) is 26.2. The van der Waals surface area contributed by atoms with E-state index in [9.17, 15) is 5.26 Å². The molecule has 4 heteroatoms. The Morgan fingerprint density at radius 1 is 1.03 bits per heavy atom. The van der Waals surface area contributed by atoms with Crippen LogP contribution < -0.4 is 4.90 Å². The molecule has 0 bridgehead atoms. The third-order valence-electron chi connectivity index (χ3n) is 5.63. The number of allylic oxidation sites excluding steroid dienone is 5. The average molecular weight is 475 g/mol. The molecule has 0 aliphatic rings. The molecule has 188 valence electrons. The van der Waals surface area contributed by atoms with Crippen LogP contribution in [0.15, 0.2) is 66.0 Å². The van der Waals surface area contributed by atoms with E-state index in [1.165, 1.54) is 5.39 Å². The van der Waals surface area contributed by atoms with Gasteiger partial charge in [-0.25, -0.2) is 0 Å². The molecule has 0 N–H and O–H groups in total. The molecule has 35 heavy (non-hydrogen) atoms. The fraction of sp³-hybridized carbons (Fsp3) is 0.452. The minimum absolute atomic E-state index is 0.196. The summed E-state index contributed by atoms with van der Waals surface area (Å²) in [5.74, 6) is 0.618. The van der Waals surface area contributed by atoms with Crippen molar-refractivity contribution in [3.8, 4) is 6.07 Å². The first-order chi connectivity index (χ1) is 16.4. The van der Waals surface area contributed by atoms with Gasteiger partial charge in [-0.1, -0.05) is 37.3 Å². The topological polar surface area (TPSA) is 45.5 Å². The van der Waals surface area contributed by atoms with E-state index >= 15 is 0 Å². The molecule has 0 unspecified atom stereocenters. The van der Waals surface area contributed by atoms with Crippen LogP contribution in [0.5, 0.6) is 0 Å². The standard InChI is InChI=1S/C31H42N2O2/c1-10-12-27(25-15-14-24-21-26(33(8)9)17-16-23(24)20-25)28(22-32)29(13-11-2)35-31(6,7)18-19-34-30(3,4)5/h10,12-17,20-21H,11,18-19H2,1-9H3/b12-10-,28-27+,29-13-. The van der Waals surface area contributed by atoms with E-state index in [-0.39, 0.29) is 5.60 Å². The summed E-state index contributed by atoms with van der Waals surface area (Å²) in [6.45, 7) is 14.9. The maximum atomic E-state index is 10.3. The summed E-state index contributed by atoms with van der Waals surface area (Å²) < 4.78 is 12.4. The zero-order valence-electron chi connectivity index (χ0n) is 23.0. The molecule has 2 rings (SSSR count). The predicted molar refractivity (Wildman–Crippen MR) is 149 cm³/mol. The summed E-state index contributed by atoms with van der Waals surface area (Å²) >= 11 is 0. The Kier molecular flexibility index (Phi) is 9.74. The Hall–Kier alpha value is -3.03. The number of benzene rings is 2. The summed E-state index contributed by atoms with van der Waals surface area (Å²) in [7, 11) is 4.08. The quantitative estimate of drug-likeness (QED) is 0.198. The first-order valence-electron chi connectivity index (χ1n) is 12.4. The van der Waals surface area contributed by atoms with E-state index in [1.54, 1.807) is 0 Å². The summed E-state index contributed by atoms with van der Waals surface area (Å²) in [4.78, 5) is 2.10. The zero-order valence-corrected chi connectivity index (χ0v) is 23.0. The minimum atomic E-state index is -0.485. The second kappa shape index (κ2) is 12.1. The predicted octanol–water partition coefficient (Wildman–Crippen LogP) is 8.05. The molecule has 0 aliphatic heterocycles. The van der Waals surface area contributed by atoms with E-state index < -0.39 is 5.60 Å². The maximum absolute atomic E-state index is 10.3. The Balaban J connectivity index is 2.50. The van der Waals surface area contributed by atoms with Gasteiger partial charge in [-0.15, -0.1) is 0 Å². The van der Waals surface area contributed by atoms with Gasteiger partial charge in [-0.2, -0.15) is 5.26 Å². The lowest BCUT2D eigenvalue weighted by Gasteiger charge is -2.30. The van der Waals surface area contributed by atoms with Gasteiger partial charge in [0.2, 0.25) is 0 Å².